The van der Waals surface area contributed by atoms with Crippen molar-refractivity contribution < 1.29 is 0 Å². The third-order valence-electron chi connectivity index (χ3n) is 1.95. The molecule has 2 aromatic rings. The molecular formula is C8H6N4S. The lowest BCUT2D eigenvalue weighted by Crippen LogP contribution is -1.99. The number of nitrogens with zero attached hydrogens (tertiary/aromatic N) is 4. The van der Waals surface area contributed by atoms with Crippen molar-refractivity contribution in [1.82, 2.24) is 19.5 Å². The fourth-order valence-electron chi connectivity index (χ4n) is 1.37. The van der Waals surface area contributed by atoms with E-state index in [-0.39, 0.29) is 0 Å². The molecular weight excluding hydrogens is 184 g/mol. The predicted octanol–water partition coefficient (Wildman–Crippen LogP) is 1.45. The highest BCUT2D eigenvalue weighted by Gasteiger charge is 2.12. The Morgan fingerprint density at radius 2 is 2.46 bits per heavy atom. The molecule has 3 rings (SSSR count). The molecule has 0 aromatic carbocycles. The Labute approximate surface area is 78.7 Å². The van der Waals surface area contributed by atoms with Crippen LogP contribution in [0, 0.1) is 0 Å². The summed E-state index contributed by atoms with van der Waals surface area (Å²) in [5.74, 6) is 0. The maximum atomic E-state index is 4.38. The van der Waals surface area contributed by atoms with Crippen LogP contribution in [0.15, 0.2) is 29.2 Å². The van der Waals surface area contributed by atoms with Crippen LogP contribution in [0.3, 0.4) is 0 Å². The molecule has 4 nitrogen and oxygen atoms in total. The third-order valence-corrected chi connectivity index (χ3v) is 2.80. The number of rotatable bonds is 0. The van der Waals surface area contributed by atoms with Crippen molar-refractivity contribution in [1.29, 1.82) is 0 Å². The van der Waals surface area contributed by atoms with Gasteiger partial charge in [0.1, 0.15) is 11.8 Å². The summed E-state index contributed by atoms with van der Waals surface area (Å²) in [6.45, 7) is 0.867. The van der Waals surface area contributed by atoms with Crippen molar-refractivity contribution in [3.05, 3.63) is 24.0 Å². The molecule has 0 N–H and O–H groups in total. The van der Waals surface area contributed by atoms with Gasteiger partial charge in [-0.3, -0.25) is 0 Å². The van der Waals surface area contributed by atoms with Gasteiger partial charge in [-0.1, -0.05) is 17.8 Å². The van der Waals surface area contributed by atoms with Gasteiger partial charge >= 0.3 is 0 Å². The number of hydrogen-bond acceptors (Lipinski definition) is 4. The van der Waals surface area contributed by atoms with Crippen molar-refractivity contribution in [2.45, 2.75) is 11.7 Å². The van der Waals surface area contributed by atoms with Crippen LogP contribution in [0.5, 0.6) is 0 Å². The number of thioether (sulfide) groups is 1. The minimum atomic E-state index is 0.779. The summed E-state index contributed by atoms with van der Waals surface area (Å²) in [4.78, 5) is 12.5. The van der Waals surface area contributed by atoms with Gasteiger partial charge in [0.2, 0.25) is 0 Å². The van der Waals surface area contributed by atoms with Gasteiger partial charge in [-0.05, 0) is 5.41 Å². The molecule has 1 aliphatic rings. The Morgan fingerprint density at radius 3 is 3.46 bits per heavy atom. The molecule has 0 unspecified atom stereocenters. The Hall–Kier alpha value is -1.36. The summed E-state index contributed by atoms with van der Waals surface area (Å²) in [7, 11) is 0. The molecule has 0 atom stereocenters. The molecule has 0 fully saturated rings. The maximum absolute atomic E-state index is 4.38. The first kappa shape index (κ1) is 7.08. The first-order chi connectivity index (χ1) is 6.45. The van der Waals surface area contributed by atoms with Gasteiger partial charge in [0, 0.05) is 6.54 Å². The van der Waals surface area contributed by atoms with E-state index in [0.717, 1.165) is 22.9 Å². The molecule has 5 heteroatoms. The van der Waals surface area contributed by atoms with E-state index in [1.807, 2.05) is 0 Å². The van der Waals surface area contributed by atoms with Gasteiger partial charge in [0.05, 0.1) is 6.20 Å². The first-order valence-corrected chi connectivity index (χ1v) is 4.81. The lowest BCUT2D eigenvalue weighted by atomic mass is 10.5. The highest BCUT2D eigenvalue weighted by atomic mass is 32.2. The molecule has 2 aromatic heterocycles. The van der Waals surface area contributed by atoms with E-state index in [1.165, 1.54) is 6.33 Å². The SMILES string of the molecule is C1=CSc2nc3ncncc3n2C1. The van der Waals surface area contributed by atoms with Crippen molar-refractivity contribution in [2.24, 2.45) is 0 Å². The van der Waals surface area contributed by atoms with Crippen molar-refractivity contribution in [3.8, 4) is 0 Å². The van der Waals surface area contributed by atoms with Crippen LogP contribution in [0.4, 0.5) is 0 Å². The molecule has 1 aliphatic heterocycles. The molecule has 13 heavy (non-hydrogen) atoms. The van der Waals surface area contributed by atoms with Gasteiger partial charge in [-0.25, -0.2) is 15.0 Å². The Balaban J connectivity index is 2.37. The van der Waals surface area contributed by atoms with Crippen molar-refractivity contribution >= 4 is 22.9 Å². The van der Waals surface area contributed by atoms with E-state index in [4.69, 9.17) is 0 Å². The summed E-state index contributed by atoms with van der Waals surface area (Å²) in [6, 6.07) is 0. The molecule has 0 saturated carbocycles. The van der Waals surface area contributed by atoms with Gasteiger partial charge < -0.3 is 4.57 Å². The number of aromatic nitrogens is 4. The van der Waals surface area contributed by atoms with Crippen LogP contribution in [-0.4, -0.2) is 19.5 Å². The van der Waals surface area contributed by atoms with Gasteiger partial charge in [-0.15, -0.1) is 0 Å². The van der Waals surface area contributed by atoms with Crippen LogP contribution in [0.1, 0.15) is 0 Å². The summed E-state index contributed by atoms with van der Waals surface area (Å²) in [5, 5.41) is 3.05. The maximum Gasteiger partial charge on any atom is 0.181 e. The van der Waals surface area contributed by atoms with Crippen LogP contribution < -0.4 is 0 Å². The lowest BCUT2D eigenvalue weighted by Gasteiger charge is -2.06. The minimum absolute atomic E-state index is 0.779. The average Bonchev–Trinajstić information content (AvgIpc) is 2.56. The van der Waals surface area contributed by atoms with E-state index in [0.29, 0.717) is 0 Å². The monoisotopic (exact) mass is 190 g/mol. The first-order valence-electron chi connectivity index (χ1n) is 3.93. The van der Waals surface area contributed by atoms with Crippen LogP contribution in [-0.2, 0) is 6.54 Å². The Morgan fingerprint density at radius 1 is 1.46 bits per heavy atom. The molecule has 0 bridgehead atoms. The molecule has 0 amide bonds. The molecule has 0 aliphatic carbocycles. The van der Waals surface area contributed by atoms with Crippen LogP contribution in [0.25, 0.3) is 11.2 Å². The molecule has 0 spiro atoms. The highest BCUT2D eigenvalue weighted by molar-refractivity contribution is 8.02. The smallest absolute Gasteiger partial charge is 0.181 e. The standard InChI is InChI=1S/C8H6N4S/c1-2-12-6-4-9-5-10-7(6)11-8(12)13-3-1/h1,3-5H,2H2. The lowest BCUT2D eigenvalue weighted by molar-refractivity contribution is 0.742. The fraction of sp³-hybridized carbons (Fsp3) is 0.125. The van der Waals surface area contributed by atoms with E-state index < -0.39 is 0 Å². The zero-order valence-electron chi connectivity index (χ0n) is 6.71. The third kappa shape index (κ3) is 0.968. The van der Waals surface area contributed by atoms with Crippen molar-refractivity contribution in [3.63, 3.8) is 0 Å². The number of allylic oxidation sites excluding steroid dienone is 1. The molecule has 0 radical (unpaired) electrons. The highest BCUT2D eigenvalue weighted by Crippen LogP contribution is 2.26. The number of imidazole rings is 1. The number of hydrogen-bond donors (Lipinski definition) is 0. The second-order valence-electron chi connectivity index (χ2n) is 2.73. The van der Waals surface area contributed by atoms with Gasteiger partial charge in [0.25, 0.3) is 0 Å². The molecule has 0 saturated heterocycles. The van der Waals surface area contributed by atoms with Gasteiger partial charge in [0.15, 0.2) is 10.8 Å². The van der Waals surface area contributed by atoms with E-state index >= 15 is 0 Å². The largest absolute Gasteiger partial charge is 0.312 e. The zero-order valence-corrected chi connectivity index (χ0v) is 7.53. The summed E-state index contributed by atoms with van der Waals surface area (Å²) >= 11 is 1.62. The second-order valence-corrected chi connectivity index (χ2v) is 3.60. The Kier molecular flexibility index (Phi) is 1.40. The average molecular weight is 190 g/mol. The Bertz CT molecular complexity index is 488. The van der Waals surface area contributed by atoms with Crippen molar-refractivity contribution in [2.75, 3.05) is 0 Å². The van der Waals surface area contributed by atoms with Crippen LogP contribution >= 0.6 is 11.8 Å². The van der Waals surface area contributed by atoms with E-state index in [2.05, 4.69) is 31.0 Å². The summed E-state index contributed by atoms with van der Waals surface area (Å²) in [6.07, 6.45) is 5.43. The topological polar surface area (TPSA) is 43.6 Å². The molecule has 3 heterocycles. The predicted molar refractivity (Wildman–Crippen MR) is 50.3 cm³/mol. The van der Waals surface area contributed by atoms with E-state index in [9.17, 15) is 0 Å². The summed E-state index contributed by atoms with van der Waals surface area (Å²) < 4.78 is 2.11. The normalized spacial score (nSPS) is 14.8. The van der Waals surface area contributed by atoms with E-state index in [1.54, 1.807) is 18.0 Å². The second kappa shape index (κ2) is 2.56. The quantitative estimate of drug-likeness (QED) is 0.630. The fourth-order valence-corrected chi connectivity index (χ4v) is 2.11. The summed E-state index contributed by atoms with van der Waals surface area (Å²) in [5.41, 5.74) is 1.79. The number of fused-ring (bicyclic) bond motifs is 3. The minimum Gasteiger partial charge on any atom is -0.312 e. The molecule has 64 valence electrons. The van der Waals surface area contributed by atoms with Crippen LogP contribution in [0.2, 0.25) is 0 Å². The van der Waals surface area contributed by atoms with Gasteiger partial charge in [-0.2, -0.15) is 0 Å². The zero-order chi connectivity index (χ0) is 8.67.